The Morgan fingerprint density at radius 2 is 1.74 bits per heavy atom. The topological polar surface area (TPSA) is 82.1 Å². The van der Waals surface area contributed by atoms with E-state index in [1.54, 1.807) is 20.0 Å². The number of rotatable bonds is 8. The van der Waals surface area contributed by atoms with E-state index in [-0.39, 0.29) is 47.7 Å². The number of hydrogen-bond acceptors (Lipinski definition) is 4. The molecule has 0 aliphatic carbocycles. The second-order valence-corrected chi connectivity index (χ2v) is 9.25. The molecule has 0 fully saturated rings. The number of carbonyl (C=O) groups is 2. The number of benzene rings is 3. The van der Waals surface area contributed by atoms with Gasteiger partial charge in [0.1, 0.15) is 35.6 Å². The number of carbonyl (C=O) groups excluding carboxylic acids is 2. The first-order valence-electron chi connectivity index (χ1n) is 11.8. The van der Waals surface area contributed by atoms with Crippen LogP contribution in [0.4, 0.5) is 28.0 Å². The second kappa shape index (κ2) is 11.5. The largest absolute Gasteiger partial charge is 0.490 e. The van der Waals surface area contributed by atoms with Crippen LogP contribution in [0.2, 0.25) is 5.02 Å². The molecule has 3 aromatic carbocycles. The fourth-order valence-electron chi connectivity index (χ4n) is 4.25. The highest BCUT2D eigenvalue weighted by molar-refractivity contribution is 6.32. The molecule has 0 bridgehead atoms. The van der Waals surface area contributed by atoms with Crippen molar-refractivity contribution in [1.82, 2.24) is 10.2 Å². The van der Waals surface area contributed by atoms with Crippen molar-refractivity contribution in [3.8, 4) is 5.75 Å². The SMILES string of the molecule is C[C@H]1c2ccc(C(=O)NCc3c(F)cc(F)cc3F)cc2N(Cc2c(F)ccc(OCCO)c2Cl)C(=O)N1C. The van der Waals surface area contributed by atoms with Crippen LogP contribution >= 0.6 is 11.6 Å². The van der Waals surface area contributed by atoms with Crippen LogP contribution in [0, 0.1) is 23.3 Å². The first kappa shape index (κ1) is 28.2. The van der Waals surface area contributed by atoms with Gasteiger partial charge in [-0.2, -0.15) is 0 Å². The molecule has 39 heavy (non-hydrogen) atoms. The molecule has 0 aromatic heterocycles. The number of nitrogens with zero attached hydrogens (tertiary/aromatic N) is 2. The third-order valence-corrected chi connectivity index (χ3v) is 6.91. The van der Waals surface area contributed by atoms with Crippen molar-refractivity contribution in [3.05, 3.63) is 93.0 Å². The molecular weight excluding hydrogens is 542 g/mol. The summed E-state index contributed by atoms with van der Waals surface area (Å²) in [6.45, 7) is 0.582. The van der Waals surface area contributed by atoms with Gasteiger partial charge in [0.2, 0.25) is 0 Å². The van der Waals surface area contributed by atoms with Crippen LogP contribution in [0.25, 0.3) is 0 Å². The van der Waals surface area contributed by atoms with E-state index < -0.39 is 47.3 Å². The number of amides is 3. The van der Waals surface area contributed by atoms with E-state index in [1.165, 1.54) is 28.0 Å². The maximum Gasteiger partial charge on any atom is 0.325 e. The molecule has 206 valence electrons. The summed E-state index contributed by atoms with van der Waals surface area (Å²) in [6, 6.07) is 7.13. The summed E-state index contributed by atoms with van der Waals surface area (Å²) in [5, 5.41) is 11.3. The number of fused-ring (bicyclic) bond motifs is 1. The van der Waals surface area contributed by atoms with Crippen LogP contribution in [-0.2, 0) is 13.1 Å². The zero-order valence-electron chi connectivity index (χ0n) is 20.9. The number of nitrogens with one attached hydrogen (secondary N) is 1. The molecular formula is C27H24ClF4N3O4. The maximum absolute atomic E-state index is 14.9. The number of ether oxygens (including phenoxy) is 1. The van der Waals surface area contributed by atoms with E-state index in [4.69, 9.17) is 21.4 Å². The molecule has 0 unspecified atom stereocenters. The molecule has 0 saturated carbocycles. The van der Waals surface area contributed by atoms with Gasteiger partial charge in [0.05, 0.1) is 29.9 Å². The lowest BCUT2D eigenvalue weighted by Crippen LogP contribution is -2.46. The standard InChI is InChI=1S/C27H24ClF4N3O4/c1-14-17-4-3-15(26(37)33-12-18-21(31)10-16(29)11-22(18)32)9-23(17)35(27(38)34(14)2)13-19-20(30)5-6-24(25(19)28)39-8-7-36/h3-6,9-11,14,36H,7-8,12-13H2,1-2H3,(H,33,37)/t14-/m0/s1. The molecule has 3 amide bonds. The first-order valence-corrected chi connectivity index (χ1v) is 12.2. The molecule has 0 spiro atoms. The van der Waals surface area contributed by atoms with Crippen LogP contribution in [0.15, 0.2) is 42.5 Å². The van der Waals surface area contributed by atoms with Crippen molar-refractivity contribution in [2.24, 2.45) is 0 Å². The van der Waals surface area contributed by atoms with E-state index >= 15 is 0 Å². The van der Waals surface area contributed by atoms with Crippen LogP contribution in [0.3, 0.4) is 0 Å². The van der Waals surface area contributed by atoms with Crippen LogP contribution < -0.4 is 15.0 Å². The van der Waals surface area contributed by atoms with Gasteiger partial charge in [0.25, 0.3) is 5.91 Å². The summed E-state index contributed by atoms with van der Waals surface area (Å²) in [7, 11) is 1.58. The number of aliphatic hydroxyl groups excluding tert-OH is 1. The van der Waals surface area contributed by atoms with E-state index in [1.807, 2.05) is 0 Å². The fraction of sp³-hybridized carbons (Fsp3) is 0.259. The minimum atomic E-state index is -1.14. The number of anilines is 1. The zero-order valence-corrected chi connectivity index (χ0v) is 21.7. The number of halogens is 5. The van der Waals surface area contributed by atoms with Gasteiger partial charge in [0.15, 0.2) is 0 Å². The highest BCUT2D eigenvalue weighted by Crippen LogP contribution is 2.39. The van der Waals surface area contributed by atoms with Gasteiger partial charge in [-0.1, -0.05) is 17.7 Å². The van der Waals surface area contributed by atoms with Crippen molar-refractivity contribution in [3.63, 3.8) is 0 Å². The molecule has 2 N–H and O–H groups in total. The van der Waals surface area contributed by atoms with Crippen molar-refractivity contribution < 1.29 is 37.0 Å². The Kier molecular flexibility index (Phi) is 8.31. The van der Waals surface area contributed by atoms with Crippen molar-refractivity contribution in [1.29, 1.82) is 0 Å². The molecule has 1 aliphatic heterocycles. The van der Waals surface area contributed by atoms with Gasteiger partial charge in [-0.15, -0.1) is 0 Å². The zero-order chi connectivity index (χ0) is 28.4. The fourth-order valence-corrected chi connectivity index (χ4v) is 4.52. The summed E-state index contributed by atoms with van der Waals surface area (Å²) in [5.74, 6) is -4.64. The lowest BCUT2D eigenvalue weighted by Gasteiger charge is -2.40. The monoisotopic (exact) mass is 565 g/mol. The second-order valence-electron chi connectivity index (χ2n) is 8.87. The Morgan fingerprint density at radius 3 is 2.41 bits per heavy atom. The predicted octanol–water partition coefficient (Wildman–Crippen LogP) is 5.33. The van der Waals surface area contributed by atoms with Crippen LogP contribution in [0.5, 0.6) is 5.75 Å². The molecule has 7 nitrogen and oxygen atoms in total. The van der Waals surface area contributed by atoms with Gasteiger partial charge in [0, 0.05) is 42.4 Å². The Labute approximate surface area is 226 Å². The Balaban J connectivity index is 1.66. The first-order chi connectivity index (χ1) is 18.5. The number of urea groups is 1. The Bertz CT molecular complexity index is 1420. The van der Waals surface area contributed by atoms with E-state index in [9.17, 15) is 27.2 Å². The minimum Gasteiger partial charge on any atom is -0.490 e. The Morgan fingerprint density at radius 1 is 1.05 bits per heavy atom. The normalized spacial score (nSPS) is 14.9. The van der Waals surface area contributed by atoms with Gasteiger partial charge >= 0.3 is 6.03 Å². The van der Waals surface area contributed by atoms with Crippen molar-refractivity contribution in [2.45, 2.75) is 26.1 Å². The molecule has 12 heteroatoms. The molecule has 1 heterocycles. The van der Waals surface area contributed by atoms with E-state index in [0.717, 1.165) is 6.07 Å². The molecule has 1 aliphatic rings. The van der Waals surface area contributed by atoms with Crippen molar-refractivity contribution >= 4 is 29.2 Å². The molecule has 0 saturated heterocycles. The lowest BCUT2D eigenvalue weighted by atomic mass is 9.98. The summed E-state index contributed by atoms with van der Waals surface area (Å²) in [6.07, 6.45) is 0. The van der Waals surface area contributed by atoms with Gasteiger partial charge in [-0.25, -0.2) is 22.4 Å². The number of aliphatic hydroxyl groups is 1. The smallest absolute Gasteiger partial charge is 0.325 e. The third-order valence-electron chi connectivity index (χ3n) is 6.49. The predicted molar refractivity (Wildman–Crippen MR) is 136 cm³/mol. The highest BCUT2D eigenvalue weighted by atomic mass is 35.5. The van der Waals surface area contributed by atoms with Crippen LogP contribution in [-0.4, -0.2) is 42.2 Å². The van der Waals surface area contributed by atoms with Gasteiger partial charge < -0.3 is 20.1 Å². The molecule has 3 aromatic rings. The average molecular weight is 566 g/mol. The maximum atomic E-state index is 14.9. The summed E-state index contributed by atoms with van der Waals surface area (Å²) in [5.41, 5.74) is 0.496. The summed E-state index contributed by atoms with van der Waals surface area (Å²) >= 11 is 6.38. The van der Waals surface area contributed by atoms with Crippen LogP contribution in [0.1, 0.15) is 40.0 Å². The molecule has 0 radical (unpaired) electrons. The molecule has 4 rings (SSSR count). The third kappa shape index (κ3) is 5.64. The van der Waals surface area contributed by atoms with E-state index in [2.05, 4.69) is 5.32 Å². The van der Waals surface area contributed by atoms with Gasteiger partial charge in [-0.3, -0.25) is 9.69 Å². The number of hydrogen-bond donors (Lipinski definition) is 2. The minimum absolute atomic E-state index is 0.0357. The quantitative estimate of drug-likeness (QED) is 0.362. The van der Waals surface area contributed by atoms with Gasteiger partial charge in [-0.05, 0) is 36.8 Å². The summed E-state index contributed by atoms with van der Waals surface area (Å²) < 4.78 is 61.4. The molecule has 1 atom stereocenters. The highest BCUT2D eigenvalue weighted by Gasteiger charge is 2.35. The van der Waals surface area contributed by atoms with E-state index in [0.29, 0.717) is 23.4 Å². The summed E-state index contributed by atoms with van der Waals surface area (Å²) in [4.78, 5) is 28.9. The average Bonchev–Trinajstić information content (AvgIpc) is 2.90. The lowest BCUT2D eigenvalue weighted by molar-refractivity contribution is 0.0950. The Hall–Kier alpha value is -3.83. The van der Waals surface area contributed by atoms with Crippen molar-refractivity contribution in [2.75, 3.05) is 25.2 Å².